The van der Waals surface area contributed by atoms with Crippen molar-refractivity contribution in [2.24, 2.45) is 0 Å². The number of amides is 2. The summed E-state index contributed by atoms with van der Waals surface area (Å²) in [5.74, 6) is -2.88. The Morgan fingerprint density at radius 1 is 1.03 bits per heavy atom. The lowest BCUT2D eigenvalue weighted by molar-refractivity contribution is -0.136. The van der Waals surface area contributed by atoms with E-state index in [0.717, 1.165) is 68.7 Å². The first-order valence-corrected chi connectivity index (χ1v) is 12.1. The number of nitrogens with zero attached hydrogens (tertiary/aromatic N) is 2. The first-order chi connectivity index (χ1) is 16.6. The molecule has 2 aromatic rings. The number of ether oxygens (including phenoxy) is 1. The van der Waals surface area contributed by atoms with Gasteiger partial charge in [0.15, 0.2) is 0 Å². The van der Waals surface area contributed by atoms with Crippen LogP contribution in [0.3, 0.4) is 0 Å². The molecule has 0 bridgehead atoms. The third-order valence-corrected chi connectivity index (χ3v) is 7.79. The molecule has 6 nitrogen and oxygen atoms in total. The maximum atomic E-state index is 13.7. The predicted octanol–water partition coefficient (Wildman–Crippen LogP) is 5.01. The third-order valence-electron chi connectivity index (χ3n) is 7.79. The molecule has 186 valence electrons. The number of benzene rings is 2. The highest BCUT2D eigenvalue weighted by Gasteiger charge is 2.42. The summed E-state index contributed by atoms with van der Waals surface area (Å²) in [7, 11) is 0. The van der Waals surface area contributed by atoms with Crippen LogP contribution in [0.15, 0.2) is 12.1 Å². The molecule has 3 aliphatic heterocycles. The summed E-state index contributed by atoms with van der Waals surface area (Å²) >= 11 is 0. The second kappa shape index (κ2) is 8.50. The largest absolute Gasteiger partial charge is 0.493 e. The van der Waals surface area contributed by atoms with E-state index >= 15 is 0 Å². The molecule has 3 aliphatic rings. The number of hydrogen-bond donors (Lipinski definition) is 1. The number of carboxylic acid groups (broad SMARTS) is 1. The molecule has 1 saturated heterocycles. The van der Waals surface area contributed by atoms with Crippen LogP contribution in [-0.4, -0.2) is 52.5 Å². The van der Waals surface area contributed by atoms with Crippen LogP contribution >= 0.6 is 0 Å². The standard InChI is InChI=1S/C27H30F2N2O4/c1-15-18-5-4-10-35-23(18)7-6-19(15)25-17(3)22-13-31(26(34)30-9-8-27(28,29)14-30)12-21(22)16(2)20(25)11-24(32)33/h6-7H,4-5,8-14H2,1-3H3,(H,32,33). The zero-order valence-corrected chi connectivity index (χ0v) is 20.3. The molecule has 0 radical (unpaired) electrons. The van der Waals surface area contributed by atoms with Crippen LogP contribution in [0.2, 0.25) is 0 Å². The van der Waals surface area contributed by atoms with E-state index in [-0.39, 0.29) is 25.4 Å². The molecule has 0 unspecified atom stereocenters. The number of alkyl halides is 2. The number of fused-ring (bicyclic) bond motifs is 2. The molecule has 3 heterocycles. The topological polar surface area (TPSA) is 70.1 Å². The summed E-state index contributed by atoms with van der Waals surface area (Å²) in [6.07, 6.45) is 1.41. The molecule has 1 fully saturated rings. The predicted molar refractivity (Wildman–Crippen MR) is 127 cm³/mol. The van der Waals surface area contributed by atoms with Crippen molar-refractivity contribution in [2.75, 3.05) is 19.7 Å². The summed E-state index contributed by atoms with van der Waals surface area (Å²) in [6, 6.07) is 3.58. The summed E-state index contributed by atoms with van der Waals surface area (Å²) in [5.41, 5.74) is 8.59. The normalized spacial score (nSPS) is 18.3. The van der Waals surface area contributed by atoms with E-state index < -0.39 is 18.4 Å². The number of likely N-dealkylation sites (tertiary alicyclic amines) is 1. The van der Waals surface area contributed by atoms with E-state index in [2.05, 4.69) is 6.92 Å². The fourth-order valence-corrected chi connectivity index (χ4v) is 5.92. The van der Waals surface area contributed by atoms with Gasteiger partial charge in [-0.25, -0.2) is 13.6 Å². The van der Waals surface area contributed by atoms with Crippen molar-refractivity contribution in [1.82, 2.24) is 9.80 Å². The van der Waals surface area contributed by atoms with Crippen LogP contribution in [0.1, 0.15) is 51.8 Å². The second-order valence-corrected chi connectivity index (χ2v) is 9.96. The number of carbonyl (C=O) groups excluding carboxylic acids is 1. The lowest BCUT2D eigenvalue weighted by Crippen LogP contribution is -2.40. The van der Waals surface area contributed by atoms with Crippen LogP contribution in [0.25, 0.3) is 11.1 Å². The Hall–Kier alpha value is -3.16. The molecule has 5 rings (SSSR count). The molecule has 1 N–H and O–H groups in total. The van der Waals surface area contributed by atoms with Gasteiger partial charge < -0.3 is 19.6 Å². The molecule has 0 atom stereocenters. The van der Waals surface area contributed by atoms with Crippen LogP contribution in [0.4, 0.5) is 13.6 Å². The number of urea groups is 1. The van der Waals surface area contributed by atoms with E-state index in [1.165, 1.54) is 4.90 Å². The molecular formula is C27H30F2N2O4. The molecule has 8 heteroatoms. The average molecular weight is 485 g/mol. The fourth-order valence-electron chi connectivity index (χ4n) is 5.92. The summed E-state index contributed by atoms with van der Waals surface area (Å²) < 4.78 is 33.3. The van der Waals surface area contributed by atoms with Gasteiger partial charge in [0.05, 0.1) is 19.6 Å². The van der Waals surface area contributed by atoms with E-state index in [1.807, 2.05) is 26.0 Å². The van der Waals surface area contributed by atoms with Gasteiger partial charge in [-0.15, -0.1) is 0 Å². The van der Waals surface area contributed by atoms with E-state index in [9.17, 15) is 23.5 Å². The molecule has 0 saturated carbocycles. The van der Waals surface area contributed by atoms with Crippen LogP contribution in [-0.2, 0) is 30.7 Å². The van der Waals surface area contributed by atoms with Crippen LogP contribution in [0.5, 0.6) is 5.75 Å². The highest BCUT2D eigenvalue weighted by atomic mass is 19.3. The lowest BCUT2D eigenvalue weighted by Gasteiger charge is -2.25. The Balaban J connectivity index is 1.59. The highest BCUT2D eigenvalue weighted by Crippen LogP contribution is 2.43. The molecule has 0 spiro atoms. The quantitative estimate of drug-likeness (QED) is 0.665. The highest BCUT2D eigenvalue weighted by molar-refractivity contribution is 5.84. The van der Waals surface area contributed by atoms with Gasteiger partial charge in [0, 0.05) is 26.1 Å². The van der Waals surface area contributed by atoms with Crippen molar-refractivity contribution in [3.8, 4) is 16.9 Å². The number of hydrogen-bond acceptors (Lipinski definition) is 3. The number of carboxylic acids is 1. The monoisotopic (exact) mass is 484 g/mol. The Kier molecular flexibility index (Phi) is 5.73. The van der Waals surface area contributed by atoms with Gasteiger partial charge in [0.1, 0.15) is 5.75 Å². The van der Waals surface area contributed by atoms with Gasteiger partial charge in [-0.3, -0.25) is 4.79 Å². The molecule has 0 aliphatic carbocycles. The Morgan fingerprint density at radius 3 is 2.40 bits per heavy atom. The van der Waals surface area contributed by atoms with Crippen molar-refractivity contribution in [2.45, 2.75) is 65.5 Å². The maximum absolute atomic E-state index is 13.7. The molecule has 2 amide bonds. The molecular weight excluding hydrogens is 454 g/mol. The van der Waals surface area contributed by atoms with E-state index in [0.29, 0.717) is 19.7 Å². The first kappa shape index (κ1) is 23.6. The summed E-state index contributed by atoms with van der Waals surface area (Å²) in [6.45, 7) is 6.76. The second-order valence-electron chi connectivity index (χ2n) is 9.96. The number of halogens is 2. The van der Waals surface area contributed by atoms with Gasteiger partial charge >= 0.3 is 12.0 Å². The summed E-state index contributed by atoms with van der Waals surface area (Å²) in [5, 5.41) is 9.73. The van der Waals surface area contributed by atoms with Crippen molar-refractivity contribution in [1.29, 1.82) is 0 Å². The van der Waals surface area contributed by atoms with E-state index in [4.69, 9.17) is 4.74 Å². The van der Waals surface area contributed by atoms with Gasteiger partial charge in [-0.05, 0) is 89.8 Å². The van der Waals surface area contributed by atoms with Gasteiger partial charge in [-0.2, -0.15) is 0 Å². The van der Waals surface area contributed by atoms with Crippen molar-refractivity contribution >= 4 is 12.0 Å². The Labute approximate surface area is 203 Å². The molecule has 35 heavy (non-hydrogen) atoms. The minimum Gasteiger partial charge on any atom is -0.493 e. The SMILES string of the molecule is Cc1c(-c2c(C)c3c(c(C)c2CC(=O)O)CN(C(=O)N2CCC(F)(F)C2)C3)ccc2c1CCCO2. The van der Waals surface area contributed by atoms with Crippen molar-refractivity contribution < 1.29 is 28.2 Å². The smallest absolute Gasteiger partial charge is 0.320 e. The van der Waals surface area contributed by atoms with Crippen molar-refractivity contribution in [3.63, 3.8) is 0 Å². The summed E-state index contributed by atoms with van der Waals surface area (Å²) in [4.78, 5) is 27.8. The van der Waals surface area contributed by atoms with Gasteiger partial charge in [0.25, 0.3) is 5.92 Å². The lowest BCUT2D eigenvalue weighted by atomic mass is 9.82. The van der Waals surface area contributed by atoms with Gasteiger partial charge in [0.2, 0.25) is 0 Å². The van der Waals surface area contributed by atoms with E-state index in [1.54, 1.807) is 4.90 Å². The Bertz CT molecular complexity index is 1240. The van der Waals surface area contributed by atoms with Crippen molar-refractivity contribution in [3.05, 3.63) is 51.1 Å². The third kappa shape index (κ3) is 4.02. The maximum Gasteiger partial charge on any atom is 0.320 e. The number of carbonyl (C=O) groups is 2. The minimum absolute atomic E-state index is 0.0442. The number of rotatable bonds is 3. The number of aliphatic carboxylic acids is 1. The fraction of sp³-hybridized carbons (Fsp3) is 0.481. The van der Waals surface area contributed by atoms with Crippen LogP contribution in [0, 0.1) is 20.8 Å². The Morgan fingerprint density at radius 2 is 1.74 bits per heavy atom. The minimum atomic E-state index is -2.84. The molecule has 2 aromatic carbocycles. The van der Waals surface area contributed by atoms with Crippen LogP contribution < -0.4 is 4.74 Å². The van der Waals surface area contributed by atoms with Gasteiger partial charge in [-0.1, -0.05) is 6.07 Å². The zero-order valence-electron chi connectivity index (χ0n) is 20.3. The first-order valence-electron chi connectivity index (χ1n) is 12.1. The average Bonchev–Trinajstić information content (AvgIpc) is 3.42. The molecule has 0 aromatic heterocycles. The zero-order chi connectivity index (χ0) is 25.1.